The Morgan fingerprint density at radius 1 is 1.30 bits per heavy atom. The lowest BCUT2D eigenvalue weighted by molar-refractivity contribution is -0.137. The summed E-state index contributed by atoms with van der Waals surface area (Å²) in [4.78, 5) is 26.8. The number of nitrogens with one attached hydrogen (secondary N) is 1. The molecule has 0 radical (unpaired) electrons. The van der Waals surface area contributed by atoms with E-state index >= 15 is 0 Å². The van der Waals surface area contributed by atoms with Crippen LogP contribution in [0.4, 0.5) is 0 Å². The first-order chi connectivity index (χ1) is 10.9. The zero-order chi connectivity index (χ0) is 17.4. The van der Waals surface area contributed by atoms with Crippen LogP contribution in [0.5, 0.6) is 0 Å². The highest BCUT2D eigenvalue weighted by molar-refractivity contribution is 5.96. The Balaban J connectivity index is 2.71. The van der Waals surface area contributed by atoms with E-state index in [1.165, 1.54) is 0 Å². The van der Waals surface area contributed by atoms with Crippen LogP contribution < -0.4 is 5.32 Å². The van der Waals surface area contributed by atoms with Gasteiger partial charge >= 0.3 is 0 Å². The molecule has 0 aromatic heterocycles. The maximum absolute atomic E-state index is 12.8. The van der Waals surface area contributed by atoms with Gasteiger partial charge in [-0.05, 0) is 44.4 Å². The van der Waals surface area contributed by atoms with Gasteiger partial charge in [-0.25, -0.2) is 0 Å². The van der Waals surface area contributed by atoms with Crippen molar-refractivity contribution in [3.05, 3.63) is 11.6 Å². The molecule has 1 fully saturated rings. The summed E-state index contributed by atoms with van der Waals surface area (Å²) in [6.45, 7) is 9.39. The number of amides is 2. The normalized spacial score (nSPS) is 18.2. The predicted molar refractivity (Wildman–Crippen MR) is 91.8 cm³/mol. The fourth-order valence-electron chi connectivity index (χ4n) is 2.92. The summed E-state index contributed by atoms with van der Waals surface area (Å²) in [7, 11) is 0. The van der Waals surface area contributed by atoms with E-state index in [4.69, 9.17) is 0 Å². The molecule has 0 aromatic rings. The van der Waals surface area contributed by atoms with Crippen LogP contribution in [0.1, 0.15) is 53.4 Å². The number of carbonyl (C=O) groups excluding carboxylic acids is 2. The number of piperidine rings is 1. The molecule has 0 aromatic carbocycles. The van der Waals surface area contributed by atoms with Gasteiger partial charge in [-0.1, -0.05) is 26.8 Å². The van der Waals surface area contributed by atoms with Crippen molar-refractivity contribution in [1.82, 2.24) is 10.2 Å². The first kappa shape index (κ1) is 19.7. The monoisotopic (exact) mass is 324 g/mol. The number of carbonyl (C=O) groups is 2. The van der Waals surface area contributed by atoms with Gasteiger partial charge in [-0.2, -0.15) is 0 Å². The van der Waals surface area contributed by atoms with Crippen molar-refractivity contribution >= 4 is 11.8 Å². The van der Waals surface area contributed by atoms with E-state index in [9.17, 15) is 14.7 Å². The molecule has 0 aliphatic carbocycles. The molecule has 5 nitrogen and oxygen atoms in total. The van der Waals surface area contributed by atoms with Gasteiger partial charge in [-0.15, -0.1) is 0 Å². The van der Waals surface area contributed by atoms with Gasteiger partial charge in [0.1, 0.15) is 6.04 Å². The molecule has 0 spiro atoms. The number of hydrogen-bond acceptors (Lipinski definition) is 3. The third kappa shape index (κ3) is 6.34. The highest BCUT2D eigenvalue weighted by atomic mass is 16.3. The Hall–Kier alpha value is -1.36. The molecular formula is C18H32N2O3. The van der Waals surface area contributed by atoms with Crippen molar-refractivity contribution in [2.75, 3.05) is 19.7 Å². The van der Waals surface area contributed by atoms with Crippen LogP contribution in [0, 0.1) is 11.8 Å². The van der Waals surface area contributed by atoms with Crippen molar-refractivity contribution in [1.29, 1.82) is 0 Å². The molecular weight excluding hydrogens is 292 g/mol. The van der Waals surface area contributed by atoms with E-state index < -0.39 is 6.04 Å². The van der Waals surface area contributed by atoms with Crippen LogP contribution >= 0.6 is 0 Å². The molecule has 1 rings (SSSR count). The van der Waals surface area contributed by atoms with Crippen molar-refractivity contribution in [3.63, 3.8) is 0 Å². The molecule has 1 aliphatic heterocycles. The summed E-state index contributed by atoms with van der Waals surface area (Å²) < 4.78 is 0. The van der Waals surface area contributed by atoms with Gasteiger partial charge in [-0.3, -0.25) is 9.59 Å². The standard InChI is InChI=1S/C18H32N2O3/c1-5-6-14(4)17(22)19-16(11-13(2)3)18(23)20-9-7-15(12-21)8-10-20/h6,13,15-16,21H,5,7-12H2,1-4H3,(H,19,22)/b14-6-. The first-order valence-corrected chi connectivity index (χ1v) is 8.76. The third-order valence-electron chi connectivity index (χ3n) is 4.36. The second-order valence-corrected chi connectivity index (χ2v) is 6.90. The molecule has 1 heterocycles. The van der Waals surface area contributed by atoms with Gasteiger partial charge in [0.15, 0.2) is 0 Å². The molecule has 1 unspecified atom stereocenters. The number of aliphatic hydroxyl groups excluding tert-OH is 1. The number of nitrogens with zero attached hydrogens (tertiary/aromatic N) is 1. The lowest BCUT2D eigenvalue weighted by Crippen LogP contribution is -2.51. The Morgan fingerprint density at radius 2 is 1.91 bits per heavy atom. The van der Waals surface area contributed by atoms with E-state index in [1.807, 2.05) is 17.9 Å². The number of rotatable bonds is 7. The molecule has 1 saturated heterocycles. The second kappa shape index (κ2) is 9.71. The summed E-state index contributed by atoms with van der Waals surface area (Å²) in [5.41, 5.74) is 0.660. The minimum Gasteiger partial charge on any atom is -0.396 e. The zero-order valence-corrected chi connectivity index (χ0v) is 15.0. The first-order valence-electron chi connectivity index (χ1n) is 8.76. The molecule has 23 heavy (non-hydrogen) atoms. The number of aliphatic hydroxyl groups is 1. The Morgan fingerprint density at radius 3 is 2.39 bits per heavy atom. The highest BCUT2D eigenvalue weighted by Crippen LogP contribution is 2.18. The minimum atomic E-state index is -0.464. The van der Waals surface area contributed by atoms with Gasteiger partial charge in [0.25, 0.3) is 0 Å². The van der Waals surface area contributed by atoms with Crippen LogP contribution in [-0.2, 0) is 9.59 Å². The van der Waals surface area contributed by atoms with Crippen LogP contribution in [0.2, 0.25) is 0 Å². The van der Waals surface area contributed by atoms with E-state index in [1.54, 1.807) is 6.92 Å². The molecule has 132 valence electrons. The molecule has 2 N–H and O–H groups in total. The maximum Gasteiger partial charge on any atom is 0.247 e. The van der Waals surface area contributed by atoms with Gasteiger partial charge in [0.05, 0.1) is 0 Å². The molecule has 0 saturated carbocycles. The van der Waals surface area contributed by atoms with Crippen LogP contribution in [-0.4, -0.2) is 47.6 Å². The molecule has 2 amide bonds. The molecule has 5 heteroatoms. The largest absolute Gasteiger partial charge is 0.396 e. The fraction of sp³-hybridized carbons (Fsp3) is 0.778. The Labute approximate surface area is 140 Å². The Bertz CT molecular complexity index is 424. The topological polar surface area (TPSA) is 69.6 Å². The summed E-state index contributed by atoms with van der Waals surface area (Å²) in [6, 6.07) is -0.464. The van der Waals surface area contributed by atoms with Crippen molar-refractivity contribution in [2.24, 2.45) is 11.8 Å². The highest BCUT2D eigenvalue weighted by Gasteiger charge is 2.29. The van der Waals surface area contributed by atoms with Crippen molar-refractivity contribution in [2.45, 2.75) is 59.4 Å². The van der Waals surface area contributed by atoms with Crippen molar-refractivity contribution in [3.8, 4) is 0 Å². The molecule has 0 bridgehead atoms. The predicted octanol–water partition coefficient (Wildman–Crippen LogP) is 2.10. The van der Waals surface area contributed by atoms with Crippen LogP contribution in [0.3, 0.4) is 0 Å². The lowest BCUT2D eigenvalue weighted by atomic mass is 9.96. The van der Waals surface area contributed by atoms with Crippen LogP contribution in [0.15, 0.2) is 11.6 Å². The van der Waals surface area contributed by atoms with Gasteiger partial charge in [0.2, 0.25) is 11.8 Å². The number of hydrogen-bond donors (Lipinski definition) is 2. The van der Waals surface area contributed by atoms with Gasteiger partial charge < -0.3 is 15.3 Å². The average molecular weight is 324 g/mol. The van der Waals surface area contributed by atoms with E-state index in [0.29, 0.717) is 36.9 Å². The van der Waals surface area contributed by atoms with Crippen LogP contribution in [0.25, 0.3) is 0 Å². The summed E-state index contributed by atoms with van der Waals surface area (Å²) in [5.74, 6) is 0.477. The lowest BCUT2D eigenvalue weighted by Gasteiger charge is -2.34. The van der Waals surface area contributed by atoms with E-state index in [0.717, 1.165) is 19.3 Å². The SMILES string of the molecule is CC/C=C(/C)C(=O)NC(CC(C)C)C(=O)N1CCC(CO)CC1. The second-order valence-electron chi connectivity index (χ2n) is 6.90. The quantitative estimate of drug-likeness (QED) is 0.705. The number of likely N-dealkylation sites (tertiary alicyclic amines) is 1. The van der Waals surface area contributed by atoms with E-state index in [-0.39, 0.29) is 18.4 Å². The maximum atomic E-state index is 12.8. The summed E-state index contributed by atoms with van der Waals surface area (Å²) >= 11 is 0. The smallest absolute Gasteiger partial charge is 0.247 e. The Kier molecular flexibility index (Phi) is 8.31. The average Bonchev–Trinajstić information content (AvgIpc) is 2.53. The molecule has 1 aliphatic rings. The zero-order valence-electron chi connectivity index (χ0n) is 15.0. The minimum absolute atomic E-state index is 0.00717. The molecule has 1 atom stereocenters. The fourth-order valence-corrected chi connectivity index (χ4v) is 2.92. The summed E-state index contributed by atoms with van der Waals surface area (Å²) in [6.07, 6.45) is 4.98. The third-order valence-corrected chi connectivity index (χ3v) is 4.36. The van der Waals surface area contributed by atoms with Crippen molar-refractivity contribution < 1.29 is 14.7 Å². The number of allylic oxidation sites excluding steroid dienone is 1. The van der Waals surface area contributed by atoms with Gasteiger partial charge in [0, 0.05) is 25.3 Å². The van der Waals surface area contributed by atoms with E-state index in [2.05, 4.69) is 19.2 Å². The summed E-state index contributed by atoms with van der Waals surface area (Å²) in [5, 5.41) is 12.1.